The number of unbranched alkanes of at least 4 members (excludes halogenated alkanes) is 1. The van der Waals surface area contributed by atoms with E-state index in [0.29, 0.717) is 11.8 Å². The molecule has 5 unspecified atom stereocenters. The maximum atomic E-state index is 10.7. The molecule has 4 saturated carbocycles. The number of rotatable bonds is 22. The van der Waals surface area contributed by atoms with Crippen molar-refractivity contribution in [2.75, 3.05) is 59.5 Å². The molecule has 3 heterocycles. The molecule has 7 rings (SSSR count). The molecule has 20 heteroatoms. The van der Waals surface area contributed by atoms with Gasteiger partial charge >= 0.3 is 0 Å². The van der Waals surface area contributed by atoms with E-state index in [2.05, 4.69) is 27.7 Å². The number of ether oxygens (including phenoxy) is 9. The lowest BCUT2D eigenvalue weighted by molar-refractivity contribution is -0.304. The summed E-state index contributed by atoms with van der Waals surface area (Å²) >= 11 is 0. The normalized spacial score (nSPS) is 47.2. The number of aliphatic hydroxyl groups excluding tert-OH is 11. The lowest BCUT2D eigenvalue weighted by Crippen LogP contribution is -2.63. The largest absolute Gasteiger partial charge is 0.510 e. The minimum absolute atomic E-state index is 0.0265. The van der Waals surface area contributed by atoms with Crippen LogP contribution in [0.1, 0.15) is 91.9 Å². The average molecular weight is 993 g/mol. The van der Waals surface area contributed by atoms with Crippen molar-refractivity contribution in [1.82, 2.24) is 0 Å². The van der Waals surface area contributed by atoms with Gasteiger partial charge in [0.15, 0.2) is 18.9 Å². The van der Waals surface area contributed by atoms with Crippen LogP contribution in [0.25, 0.3) is 0 Å². The van der Waals surface area contributed by atoms with E-state index in [1.165, 1.54) is 6.08 Å². The molecule has 24 atom stereocenters. The summed E-state index contributed by atoms with van der Waals surface area (Å²) in [6, 6.07) is 0. The fourth-order valence-electron chi connectivity index (χ4n) is 13.8. The minimum atomic E-state index is -1.56. The van der Waals surface area contributed by atoms with Crippen LogP contribution in [0.3, 0.4) is 0 Å². The smallest absolute Gasteiger partial charge is 0.186 e. The predicted molar refractivity (Wildman–Crippen MR) is 242 cm³/mol. The molecular weight excluding hydrogens is 909 g/mol. The highest BCUT2D eigenvalue weighted by molar-refractivity contribution is 5.15. The first-order valence-electron chi connectivity index (χ1n) is 25.7. The van der Waals surface area contributed by atoms with Crippen LogP contribution in [0.15, 0.2) is 11.8 Å². The van der Waals surface area contributed by atoms with Gasteiger partial charge < -0.3 is 98.8 Å². The fraction of sp³-hybridized carbons (Fsp3) is 0.959. The van der Waals surface area contributed by atoms with Gasteiger partial charge in [0.25, 0.3) is 0 Å². The SMILES string of the molecule is CCCC[C@@H](C)[C@H]1CC[C@H]2[C@@H]3[C@H](OCCO[C@@H]4OC(CO)[C@@H](O)C(O)[C@@H]4O)C[C@@H]4C[C@H](OCCO[C@@H]5OC(CO)[C@@H](O)C(O)[C@@H]5O)CC[C@]4(C)[C@H]3C[C@H](OCCO[C@H]3C=C(O)[C@H](O)C(CO)O3)[C@]12C. The second-order valence-electron chi connectivity index (χ2n) is 21.4. The Morgan fingerprint density at radius 3 is 1.83 bits per heavy atom. The molecule has 6 fully saturated rings. The Morgan fingerprint density at radius 1 is 0.638 bits per heavy atom. The van der Waals surface area contributed by atoms with Crippen molar-refractivity contribution in [2.24, 2.45) is 46.3 Å². The van der Waals surface area contributed by atoms with E-state index in [9.17, 15) is 56.2 Å². The molecule has 0 amide bonds. The first-order chi connectivity index (χ1) is 33.0. The standard InChI is InChI=1S/C49H84O20/c1-5-6-7-25(2)28-8-9-29-38-30(20-36(49(28,29)4)63-14-15-64-37-21-31(53)39(54)33(22-50)67-37)48(3)11-10-27(61-12-16-65-46-44(59)42(57)40(55)34(23-51)68-46)18-26(48)19-32(38)62-13-17-66-47-45(60)43(58)41(56)35(24-52)69-47/h21,25-30,32-47,50-60H,5-20,22-24H2,1-4H3/t25-,26+,27-,28-,29+,30+,32-,33?,34?,35?,36+,37-,38+,39+,40-,41-,42?,43?,44+,45+,46-,47-,48+,49-/m1/s1. The molecule has 20 nitrogen and oxygen atoms in total. The van der Waals surface area contributed by atoms with E-state index in [0.717, 1.165) is 64.2 Å². The third kappa shape index (κ3) is 11.7. The first kappa shape index (κ1) is 55.5. The molecular formula is C49H84O20. The Bertz CT molecular complexity index is 1610. The summed E-state index contributed by atoms with van der Waals surface area (Å²) in [5.74, 6) is 1.36. The Morgan fingerprint density at radius 2 is 1.22 bits per heavy atom. The number of hydrogen-bond donors (Lipinski definition) is 11. The van der Waals surface area contributed by atoms with Crippen LogP contribution in [0.5, 0.6) is 0 Å². The van der Waals surface area contributed by atoms with Gasteiger partial charge in [-0.3, -0.25) is 0 Å². The Kier molecular flexibility index (Phi) is 19.7. The monoisotopic (exact) mass is 993 g/mol. The van der Waals surface area contributed by atoms with Crippen LogP contribution in [-0.2, 0) is 42.6 Å². The average Bonchev–Trinajstić information content (AvgIpc) is 3.71. The van der Waals surface area contributed by atoms with Crippen molar-refractivity contribution in [3.63, 3.8) is 0 Å². The van der Waals surface area contributed by atoms with Crippen molar-refractivity contribution in [3.05, 3.63) is 11.8 Å². The van der Waals surface area contributed by atoms with Crippen molar-refractivity contribution < 1.29 is 98.8 Å². The van der Waals surface area contributed by atoms with Crippen LogP contribution in [-0.4, -0.2) is 214 Å². The van der Waals surface area contributed by atoms with Gasteiger partial charge in [0.2, 0.25) is 0 Å². The molecule has 4 aliphatic carbocycles. The van der Waals surface area contributed by atoms with Gasteiger partial charge in [-0.05, 0) is 85.9 Å². The molecule has 400 valence electrons. The van der Waals surface area contributed by atoms with Crippen molar-refractivity contribution in [1.29, 1.82) is 0 Å². The van der Waals surface area contributed by atoms with Gasteiger partial charge in [0.05, 0.1) is 77.8 Å². The van der Waals surface area contributed by atoms with Crippen LogP contribution in [0.2, 0.25) is 0 Å². The summed E-state index contributed by atoms with van der Waals surface area (Å²) in [7, 11) is 0. The molecule has 0 bridgehead atoms. The van der Waals surface area contributed by atoms with Gasteiger partial charge in [0, 0.05) is 11.5 Å². The first-order valence-corrected chi connectivity index (χ1v) is 25.7. The van der Waals surface area contributed by atoms with Gasteiger partial charge in [0.1, 0.15) is 66.8 Å². The van der Waals surface area contributed by atoms with E-state index in [4.69, 9.17) is 42.6 Å². The van der Waals surface area contributed by atoms with Crippen molar-refractivity contribution >= 4 is 0 Å². The zero-order valence-corrected chi connectivity index (χ0v) is 40.8. The Hall–Kier alpha value is -1.22. The second kappa shape index (κ2) is 24.4. The lowest BCUT2D eigenvalue weighted by Gasteiger charge is -2.64. The van der Waals surface area contributed by atoms with Crippen LogP contribution in [0.4, 0.5) is 0 Å². The summed E-state index contributed by atoms with van der Waals surface area (Å²) < 4.78 is 54.9. The van der Waals surface area contributed by atoms with Crippen LogP contribution in [0, 0.1) is 46.3 Å². The van der Waals surface area contributed by atoms with E-state index in [-0.39, 0.29) is 98.2 Å². The maximum Gasteiger partial charge on any atom is 0.186 e. The minimum Gasteiger partial charge on any atom is -0.510 e. The molecule has 0 spiro atoms. The summed E-state index contributed by atoms with van der Waals surface area (Å²) in [5.41, 5.74) is -0.313. The van der Waals surface area contributed by atoms with E-state index in [1.807, 2.05) is 0 Å². The molecule has 11 N–H and O–H groups in total. The summed E-state index contributed by atoms with van der Waals surface area (Å²) in [5, 5.41) is 112. The number of fused-ring (bicyclic) bond motifs is 5. The molecule has 2 saturated heterocycles. The highest BCUT2D eigenvalue weighted by Gasteiger charge is 2.67. The third-order valence-corrected chi connectivity index (χ3v) is 17.7. The van der Waals surface area contributed by atoms with Crippen LogP contribution < -0.4 is 0 Å². The molecule has 7 aliphatic rings. The zero-order valence-electron chi connectivity index (χ0n) is 40.8. The highest BCUT2D eigenvalue weighted by atomic mass is 16.7. The third-order valence-electron chi connectivity index (χ3n) is 17.7. The maximum absolute atomic E-state index is 10.7. The van der Waals surface area contributed by atoms with E-state index in [1.54, 1.807) is 0 Å². The van der Waals surface area contributed by atoms with Gasteiger partial charge in [-0.2, -0.15) is 0 Å². The van der Waals surface area contributed by atoms with Crippen LogP contribution >= 0.6 is 0 Å². The summed E-state index contributed by atoms with van der Waals surface area (Å²) in [6.07, 6.45) is -6.78. The molecule has 0 radical (unpaired) electrons. The van der Waals surface area contributed by atoms with E-state index < -0.39 is 99.7 Å². The van der Waals surface area contributed by atoms with Gasteiger partial charge in [-0.25, -0.2) is 0 Å². The second-order valence-corrected chi connectivity index (χ2v) is 21.4. The van der Waals surface area contributed by atoms with Gasteiger partial charge in [-0.15, -0.1) is 0 Å². The fourth-order valence-corrected chi connectivity index (χ4v) is 13.8. The predicted octanol–water partition coefficient (Wildman–Crippen LogP) is 0.0166. The number of hydrogen-bond acceptors (Lipinski definition) is 20. The van der Waals surface area contributed by atoms with Gasteiger partial charge in [-0.1, -0.05) is 47.0 Å². The zero-order chi connectivity index (χ0) is 49.8. The lowest BCUT2D eigenvalue weighted by atomic mass is 9.43. The Labute approximate surface area is 405 Å². The molecule has 69 heavy (non-hydrogen) atoms. The molecule has 0 aromatic carbocycles. The highest BCUT2D eigenvalue weighted by Crippen LogP contribution is 2.69. The summed E-state index contributed by atoms with van der Waals surface area (Å²) in [4.78, 5) is 0. The molecule has 3 aliphatic heterocycles. The van der Waals surface area contributed by atoms with E-state index >= 15 is 0 Å². The molecule has 0 aromatic heterocycles. The summed E-state index contributed by atoms with van der Waals surface area (Å²) in [6.45, 7) is 8.66. The molecule has 0 aromatic rings. The topological polar surface area (TPSA) is 306 Å². The Balaban J connectivity index is 1.08. The number of aliphatic hydroxyl groups is 11. The van der Waals surface area contributed by atoms with Crippen molar-refractivity contribution in [3.8, 4) is 0 Å². The quantitative estimate of drug-likeness (QED) is 0.0637. The van der Waals surface area contributed by atoms with Crippen molar-refractivity contribution in [2.45, 2.75) is 190 Å².